The fourth-order valence-corrected chi connectivity index (χ4v) is 3.02. The number of morpholine rings is 1. The summed E-state index contributed by atoms with van der Waals surface area (Å²) in [6.45, 7) is 7.33. The van der Waals surface area contributed by atoms with Crippen LogP contribution in [0.4, 0.5) is 0 Å². The van der Waals surface area contributed by atoms with Gasteiger partial charge in [0.2, 0.25) is 5.91 Å². The molecule has 2 aliphatic rings. The molecule has 0 bridgehead atoms. The molecule has 7 heteroatoms. The lowest BCUT2D eigenvalue weighted by atomic mass is 10.0. The first-order chi connectivity index (χ1) is 9.81. The molecule has 0 radical (unpaired) electrons. The fraction of sp³-hybridized carbons (Fsp3) is 0.933. The van der Waals surface area contributed by atoms with Crippen molar-refractivity contribution in [2.75, 3.05) is 39.4 Å². The van der Waals surface area contributed by atoms with Gasteiger partial charge in [-0.2, -0.15) is 0 Å². The van der Waals surface area contributed by atoms with Gasteiger partial charge in [-0.15, -0.1) is 24.8 Å². The van der Waals surface area contributed by atoms with Gasteiger partial charge in [0, 0.05) is 19.1 Å². The van der Waals surface area contributed by atoms with Crippen LogP contribution < -0.4 is 10.6 Å². The summed E-state index contributed by atoms with van der Waals surface area (Å²) >= 11 is 0. The Morgan fingerprint density at radius 3 is 2.86 bits per heavy atom. The zero-order valence-corrected chi connectivity index (χ0v) is 15.1. The average Bonchev–Trinajstić information content (AvgIpc) is 2.52. The molecule has 2 N–H and O–H groups in total. The third kappa shape index (κ3) is 7.01. The number of hydrogen-bond donors (Lipinski definition) is 2. The van der Waals surface area contributed by atoms with Crippen molar-refractivity contribution in [2.24, 2.45) is 0 Å². The van der Waals surface area contributed by atoms with Crippen molar-refractivity contribution >= 4 is 30.7 Å². The third-order valence-electron chi connectivity index (χ3n) is 4.30. The van der Waals surface area contributed by atoms with Gasteiger partial charge in [0.1, 0.15) is 6.04 Å². The normalized spacial score (nSPS) is 25.7. The lowest BCUT2D eigenvalue weighted by Crippen LogP contribution is -2.54. The van der Waals surface area contributed by atoms with Crippen LogP contribution >= 0.6 is 24.8 Å². The number of ether oxygens (including phenoxy) is 1. The summed E-state index contributed by atoms with van der Waals surface area (Å²) in [7, 11) is 0. The Balaban J connectivity index is 0.00000220. The van der Waals surface area contributed by atoms with Gasteiger partial charge < -0.3 is 15.4 Å². The van der Waals surface area contributed by atoms with Crippen LogP contribution in [0.3, 0.4) is 0 Å². The van der Waals surface area contributed by atoms with E-state index in [9.17, 15) is 4.79 Å². The predicted molar refractivity (Wildman–Crippen MR) is 94.2 cm³/mol. The van der Waals surface area contributed by atoms with E-state index in [0.717, 1.165) is 13.1 Å². The monoisotopic (exact) mass is 355 g/mol. The predicted octanol–water partition coefficient (Wildman–Crippen LogP) is 1.59. The smallest absolute Gasteiger partial charge is 0.239 e. The second-order valence-corrected chi connectivity index (χ2v) is 5.87. The molecule has 22 heavy (non-hydrogen) atoms. The summed E-state index contributed by atoms with van der Waals surface area (Å²) in [5, 5.41) is 6.31. The lowest BCUT2D eigenvalue weighted by molar-refractivity contribution is -0.126. The molecule has 2 saturated heterocycles. The molecule has 2 atom stereocenters. The zero-order chi connectivity index (χ0) is 14.2. The van der Waals surface area contributed by atoms with Crippen LogP contribution in [0.5, 0.6) is 0 Å². The molecule has 1 amide bonds. The van der Waals surface area contributed by atoms with Crippen LogP contribution in [-0.4, -0.2) is 62.3 Å². The first-order valence-electron chi connectivity index (χ1n) is 8.14. The van der Waals surface area contributed by atoms with E-state index in [1.807, 2.05) is 0 Å². The summed E-state index contributed by atoms with van der Waals surface area (Å²) in [5.41, 5.74) is 0. The highest BCUT2D eigenvalue weighted by Gasteiger charge is 2.25. The van der Waals surface area contributed by atoms with Gasteiger partial charge >= 0.3 is 0 Å². The maximum atomic E-state index is 12.1. The molecule has 2 fully saturated rings. The highest BCUT2D eigenvalue weighted by molar-refractivity contribution is 5.85. The number of halogens is 2. The second kappa shape index (κ2) is 12.4. The van der Waals surface area contributed by atoms with E-state index < -0.39 is 0 Å². The number of amides is 1. The van der Waals surface area contributed by atoms with E-state index >= 15 is 0 Å². The van der Waals surface area contributed by atoms with E-state index in [2.05, 4.69) is 22.5 Å². The molecule has 5 nitrogen and oxygen atoms in total. The number of unbranched alkanes of at least 4 members (excludes halogenated alkanes) is 1. The van der Waals surface area contributed by atoms with Crippen LogP contribution in [0.25, 0.3) is 0 Å². The molecule has 132 valence electrons. The Kier molecular flexibility index (Phi) is 12.3. The number of carbonyl (C=O) groups is 1. The number of nitrogens with one attached hydrogen (secondary N) is 2. The van der Waals surface area contributed by atoms with Crippen molar-refractivity contribution < 1.29 is 9.53 Å². The van der Waals surface area contributed by atoms with Crippen LogP contribution in [0, 0.1) is 0 Å². The SMILES string of the molecule is CCCCN1CCCCC1CNC(=O)C1COCCN1.Cl.Cl. The number of likely N-dealkylation sites (tertiary alicyclic amines) is 1. The molecule has 2 heterocycles. The summed E-state index contributed by atoms with van der Waals surface area (Å²) < 4.78 is 5.34. The minimum Gasteiger partial charge on any atom is -0.378 e. The van der Waals surface area contributed by atoms with Crippen LogP contribution in [0.1, 0.15) is 39.0 Å². The Morgan fingerprint density at radius 2 is 2.18 bits per heavy atom. The summed E-state index contributed by atoms with van der Waals surface area (Å²) in [4.78, 5) is 14.6. The van der Waals surface area contributed by atoms with E-state index in [-0.39, 0.29) is 36.8 Å². The minimum atomic E-state index is -0.170. The third-order valence-corrected chi connectivity index (χ3v) is 4.30. The second-order valence-electron chi connectivity index (χ2n) is 5.87. The van der Waals surface area contributed by atoms with Crippen molar-refractivity contribution in [2.45, 2.75) is 51.1 Å². The summed E-state index contributed by atoms with van der Waals surface area (Å²) in [6.07, 6.45) is 6.28. The van der Waals surface area contributed by atoms with E-state index in [4.69, 9.17) is 4.74 Å². The molecule has 0 aliphatic carbocycles. The highest BCUT2D eigenvalue weighted by atomic mass is 35.5. The van der Waals surface area contributed by atoms with Crippen molar-refractivity contribution in [3.05, 3.63) is 0 Å². The number of hydrogen-bond acceptors (Lipinski definition) is 4. The number of carbonyl (C=O) groups excluding carboxylic acids is 1. The van der Waals surface area contributed by atoms with Crippen molar-refractivity contribution in [3.63, 3.8) is 0 Å². The maximum absolute atomic E-state index is 12.1. The summed E-state index contributed by atoms with van der Waals surface area (Å²) in [6, 6.07) is 0.347. The fourth-order valence-electron chi connectivity index (χ4n) is 3.02. The van der Waals surface area contributed by atoms with Crippen molar-refractivity contribution in [3.8, 4) is 0 Å². The Morgan fingerprint density at radius 1 is 1.36 bits per heavy atom. The van der Waals surface area contributed by atoms with Gasteiger partial charge in [0.15, 0.2) is 0 Å². The van der Waals surface area contributed by atoms with Gasteiger partial charge in [-0.3, -0.25) is 9.69 Å². The van der Waals surface area contributed by atoms with Gasteiger partial charge in [-0.05, 0) is 32.4 Å². The molecule has 2 aliphatic heterocycles. The molecular formula is C15H31Cl2N3O2. The van der Waals surface area contributed by atoms with E-state index in [1.54, 1.807) is 0 Å². The minimum absolute atomic E-state index is 0. The van der Waals surface area contributed by atoms with Gasteiger partial charge in [-0.25, -0.2) is 0 Å². The van der Waals surface area contributed by atoms with Gasteiger partial charge in [0.05, 0.1) is 13.2 Å². The van der Waals surface area contributed by atoms with Crippen molar-refractivity contribution in [1.82, 2.24) is 15.5 Å². The number of piperidine rings is 1. The molecular weight excluding hydrogens is 325 g/mol. The molecule has 2 unspecified atom stereocenters. The number of nitrogens with zero attached hydrogens (tertiary/aromatic N) is 1. The van der Waals surface area contributed by atoms with Crippen LogP contribution in [0.2, 0.25) is 0 Å². The van der Waals surface area contributed by atoms with Gasteiger partial charge in [0.25, 0.3) is 0 Å². The Bertz CT molecular complexity index is 303. The summed E-state index contributed by atoms with van der Waals surface area (Å²) in [5.74, 6) is 0.0886. The average molecular weight is 356 g/mol. The largest absolute Gasteiger partial charge is 0.378 e. The first-order valence-corrected chi connectivity index (χ1v) is 8.14. The number of rotatable bonds is 6. The molecule has 0 aromatic carbocycles. The quantitative estimate of drug-likeness (QED) is 0.759. The van der Waals surface area contributed by atoms with Gasteiger partial charge in [-0.1, -0.05) is 19.8 Å². The molecule has 0 aromatic heterocycles. The Labute approximate surface area is 146 Å². The lowest BCUT2D eigenvalue weighted by Gasteiger charge is -2.36. The van der Waals surface area contributed by atoms with E-state index in [1.165, 1.54) is 45.2 Å². The van der Waals surface area contributed by atoms with E-state index in [0.29, 0.717) is 19.3 Å². The zero-order valence-electron chi connectivity index (χ0n) is 13.5. The standard InChI is InChI=1S/C15H29N3O2.2ClH/c1-2-3-8-18-9-5-4-6-13(18)11-17-15(19)14-12-20-10-7-16-14;;/h13-14,16H,2-12H2,1H3,(H,17,19);2*1H. The maximum Gasteiger partial charge on any atom is 0.239 e. The van der Waals surface area contributed by atoms with Crippen molar-refractivity contribution in [1.29, 1.82) is 0 Å². The van der Waals surface area contributed by atoms with Crippen LogP contribution in [0.15, 0.2) is 0 Å². The first kappa shape index (κ1) is 21.9. The topological polar surface area (TPSA) is 53.6 Å². The molecule has 2 rings (SSSR count). The molecule has 0 saturated carbocycles. The molecule has 0 spiro atoms. The molecule has 0 aromatic rings. The Hall–Kier alpha value is -0.0700. The van der Waals surface area contributed by atoms with Crippen LogP contribution in [-0.2, 0) is 9.53 Å². The highest BCUT2D eigenvalue weighted by Crippen LogP contribution is 2.17.